The number of carbonyl (C=O) groups is 2. The summed E-state index contributed by atoms with van der Waals surface area (Å²) in [4.78, 5) is 22.2. The Morgan fingerprint density at radius 1 is 1.26 bits per heavy atom. The Bertz CT molecular complexity index is 347. The average Bonchev–Trinajstić information content (AvgIpc) is 2.64. The molecule has 0 spiro atoms. The van der Waals surface area contributed by atoms with Crippen LogP contribution >= 0.6 is 0 Å². The van der Waals surface area contributed by atoms with Gasteiger partial charge in [-0.05, 0) is 26.8 Å². The Hall–Kier alpha value is -0.983. The van der Waals surface area contributed by atoms with Gasteiger partial charge in [-0.3, -0.25) is 9.59 Å². The van der Waals surface area contributed by atoms with E-state index in [1.807, 2.05) is 32.5 Å². The molecule has 6 heteroatoms. The topological polar surface area (TPSA) is 61.8 Å². The molecule has 1 fully saturated rings. The first-order valence-corrected chi connectivity index (χ1v) is 9.20. The van der Waals surface area contributed by atoms with E-state index in [4.69, 9.17) is 8.85 Å². The van der Waals surface area contributed by atoms with Crippen LogP contribution in [0.5, 0.6) is 0 Å². The predicted molar refractivity (Wildman–Crippen MR) is 72.6 cm³/mol. The number of carbonyl (C=O) groups excluding carboxylic acids is 2. The van der Waals surface area contributed by atoms with Crippen molar-refractivity contribution in [1.82, 2.24) is 0 Å². The van der Waals surface area contributed by atoms with Crippen molar-refractivity contribution in [3.63, 3.8) is 0 Å². The second kappa shape index (κ2) is 7.57. The maximum Gasteiger partial charge on any atom is 0.338 e. The third-order valence-electron chi connectivity index (χ3n) is 2.94. The van der Waals surface area contributed by atoms with Crippen LogP contribution in [0.2, 0.25) is 12.6 Å². The van der Waals surface area contributed by atoms with Crippen molar-refractivity contribution in [2.75, 3.05) is 13.2 Å². The Morgan fingerprint density at radius 3 is 2.37 bits per heavy atom. The molecule has 0 bridgehead atoms. The highest BCUT2D eigenvalue weighted by atomic mass is 28.4. The van der Waals surface area contributed by atoms with Gasteiger partial charge in [0.1, 0.15) is 0 Å². The SMILES string of the molecule is CCO[Si](C)(C/C=C/CC1CC(=O)OC1=O)OCC. The summed E-state index contributed by atoms with van der Waals surface area (Å²) in [5.74, 6) is -1.16. The van der Waals surface area contributed by atoms with Gasteiger partial charge in [0.2, 0.25) is 0 Å². The summed E-state index contributed by atoms with van der Waals surface area (Å²) >= 11 is 0. The molecule has 0 aliphatic carbocycles. The summed E-state index contributed by atoms with van der Waals surface area (Å²) in [6, 6.07) is 0.740. The summed E-state index contributed by atoms with van der Waals surface area (Å²) in [7, 11) is -2.13. The van der Waals surface area contributed by atoms with Crippen LogP contribution in [0.15, 0.2) is 12.2 Å². The van der Waals surface area contributed by atoms with Gasteiger partial charge in [0.25, 0.3) is 0 Å². The number of hydrogen-bond donors (Lipinski definition) is 0. The molecule has 0 radical (unpaired) electrons. The van der Waals surface area contributed by atoms with Gasteiger partial charge in [-0.15, -0.1) is 0 Å². The lowest BCUT2D eigenvalue weighted by Crippen LogP contribution is -2.38. The summed E-state index contributed by atoms with van der Waals surface area (Å²) < 4.78 is 15.9. The van der Waals surface area contributed by atoms with Gasteiger partial charge in [-0.2, -0.15) is 0 Å². The van der Waals surface area contributed by atoms with Gasteiger partial charge in [-0.25, -0.2) is 0 Å². The standard InChI is InChI=1S/C13H22O5Si/c1-4-16-19(3,17-5-2)9-7-6-8-11-10-12(14)18-13(11)15/h6-7,11H,4-5,8-10H2,1-3H3/b7-6+. The van der Waals surface area contributed by atoms with E-state index < -0.39 is 20.5 Å². The molecule has 19 heavy (non-hydrogen) atoms. The Morgan fingerprint density at radius 2 is 1.89 bits per heavy atom. The first-order valence-electron chi connectivity index (χ1n) is 6.68. The minimum Gasteiger partial charge on any atom is -0.394 e. The minimum absolute atomic E-state index is 0.189. The zero-order valence-corrected chi connectivity index (χ0v) is 12.8. The Labute approximate surface area is 115 Å². The number of esters is 2. The van der Waals surface area contributed by atoms with E-state index in [0.29, 0.717) is 19.6 Å². The van der Waals surface area contributed by atoms with Gasteiger partial charge >= 0.3 is 20.5 Å². The number of rotatable bonds is 8. The third kappa shape index (κ3) is 5.26. The molecule has 1 aliphatic heterocycles. The molecule has 1 heterocycles. The lowest BCUT2D eigenvalue weighted by Gasteiger charge is -2.24. The van der Waals surface area contributed by atoms with Gasteiger partial charge in [-0.1, -0.05) is 12.2 Å². The number of hydrogen-bond acceptors (Lipinski definition) is 5. The molecule has 1 rings (SSSR count). The fraction of sp³-hybridized carbons (Fsp3) is 0.692. The first kappa shape index (κ1) is 16.1. The third-order valence-corrected chi connectivity index (χ3v) is 5.71. The fourth-order valence-corrected chi connectivity index (χ4v) is 4.16. The van der Waals surface area contributed by atoms with E-state index in [2.05, 4.69) is 4.74 Å². The van der Waals surface area contributed by atoms with Crippen LogP contribution in [0.4, 0.5) is 0 Å². The molecule has 0 N–H and O–H groups in total. The van der Waals surface area contributed by atoms with Crippen LogP contribution in [0.1, 0.15) is 26.7 Å². The lowest BCUT2D eigenvalue weighted by atomic mass is 10.0. The van der Waals surface area contributed by atoms with Gasteiger partial charge in [0, 0.05) is 19.3 Å². The number of cyclic esters (lactones) is 2. The molecule has 5 nitrogen and oxygen atoms in total. The minimum atomic E-state index is -2.13. The maximum absolute atomic E-state index is 11.3. The van der Waals surface area contributed by atoms with Crippen molar-refractivity contribution in [3.8, 4) is 0 Å². The molecule has 1 unspecified atom stereocenters. The highest BCUT2D eigenvalue weighted by molar-refractivity contribution is 6.66. The average molecular weight is 286 g/mol. The lowest BCUT2D eigenvalue weighted by molar-refractivity contribution is -0.153. The van der Waals surface area contributed by atoms with Gasteiger partial charge in [0.15, 0.2) is 0 Å². The molecule has 0 amide bonds. The van der Waals surface area contributed by atoms with E-state index in [1.54, 1.807) is 0 Å². The summed E-state index contributed by atoms with van der Waals surface area (Å²) in [5.41, 5.74) is 0. The highest BCUT2D eigenvalue weighted by Gasteiger charge is 2.32. The second-order valence-corrected chi connectivity index (χ2v) is 7.86. The largest absolute Gasteiger partial charge is 0.394 e. The van der Waals surface area contributed by atoms with Crippen LogP contribution in [-0.4, -0.2) is 33.7 Å². The fourth-order valence-electron chi connectivity index (χ4n) is 2.03. The van der Waals surface area contributed by atoms with E-state index in [-0.39, 0.29) is 12.3 Å². The zero-order valence-electron chi connectivity index (χ0n) is 11.8. The molecule has 0 aromatic carbocycles. The van der Waals surface area contributed by atoms with Crippen molar-refractivity contribution < 1.29 is 23.2 Å². The normalized spacial score (nSPS) is 20.3. The zero-order chi connectivity index (χ0) is 14.3. The van der Waals surface area contributed by atoms with E-state index in [9.17, 15) is 9.59 Å². The molecule has 1 saturated heterocycles. The molecule has 0 aromatic rings. The summed E-state index contributed by atoms with van der Waals surface area (Å²) in [6.45, 7) is 7.21. The molecule has 0 aromatic heterocycles. The molecule has 108 valence electrons. The van der Waals surface area contributed by atoms with Gasteiger partial charge in [0.05, 0.1) is 12.3 Å². The molecular weight excluding hydrogens is 264 g/mol. The van der Waals surface area contributed by atoms with Crippen molar-refractivity contribution in [1.29, 1.82) is 0 Å². The van der Waals surface area contributed by atoms with Crippen LogP contribution in [0.3, 0.4) is 0 Å². The Kier molecular flexibility index (Phi) is 6.40. The van der Waals surface area contributed by atoms with Crippen LogP contribution in [-0.2, 0) is 23.2 Å². The predicted octanol–water partition coefficient (Wildman–Crippen LogP) is 2.17. The molecule has 1 aliphatic rings. The number of allylic oxidation sites excluding steroid dienone is 2. The van der Waals surface area contributed by atoms with E-state index >= 15 is 0 Å². The van der Waals surface area contributed by atoms with Crippen molar-refractivity contribution in [2.45, 2.75) is 39.3 Å². The van der Waals surface area contributed by atoms with Crippen LogP contribution < -0.4 is 0 Å². The maximum atomic E-state index is 11.3. The van der Waals surface area contributed by atoms with Crippen molar-refractivity contribution >= 4 is 20.5 Å². The summed E-state index contributed by atoms with van der Waals surface area (Å²) in [6.07, 6.45) is 4.61. The van der Waals surface area contributed by atoms with Crippen LogP contribution in [0, 0.1) is 5.92 Å². The highest BCUT2D eigenvalue weighted by Crippen LogP contribution is 2.21. The Balaban J connectivity index is 2.39. The number of ether oxygens (including phenoxy) is 1. The van der Waals surface area contributed by atoms with Gasteiger partial charge < -0.3 is 13.6 Å². The van der Waals surface area contributed by atoms with E-state index in [1.165, 1.54) is 0 Å². The molecule has 0 saturated carbocycles. The van der Waals surface area contributed by atoms with E-state index in [0.717, 1.165) is 6.04 Å². The smallest absolute Gasteiger partial charge is 0.338 e. The van der Waals surface area contributed by atoms with Crippen molar-refractivity contribution in [3.05, 3.63) is 12.2 Å². The van der Waals surface area contributed by atoms with Crippen molar-refractivity contribution in [2.24, 2.45) is 5.92 Å². The van der Waals surface area contributed by atoms with Crippen LogP contribution in [0.25, 0.3) is 0 Å². The summed E-state index contributed by atoms with van der Waals surface area (Å²) in [5, 5.41) is 0. The monoisotopic (exact) mass is 286 g/mol. The quantitative estimate of drug-likeness (QED) is 0.296. The molecule has 1 atom stereocenters. The first-order chi connectivity index (χ1) is 9.00. The second-order valence-electron chi connectivity index (χ2n) is 4.61. The molecular formula is C13H22O5Si.